The summed E-state index contributed by atoms with van der Waals surface area (Å²) in [6.45, 7) is 5.72. The molecule has 0 radical (unpaired) electrons. The van der Waals surface area contributed by atoms with E-state index >= 15 is 0 Å². The third-order valence-electron chi connectivity index (χ3n) is 2.37. The van der Waals surface area contributed by atoms with E-state index < -0.39 is 10.4 Å². The summed E-state index contributed by atoms with van der Waals surface area (Å²) in [6, 6.07) is 0. The van der Waals surface area contributed by atoms with Gasteiger partial charge in [-0.05, 0) is 31.3 Å². The Bertz CT molecular complexity index is 204. The molecule has 0 fully saturated rings. The van der Waals surface area contributed by atoms with Crippen molar-refractivity contribution in [3.8, 4) is 0 Å². The summed E-state index contributed by atoms with van der Waals surface area (Å²) < 4.78 is 31.6. The molecule has 0 aliphatic carbocycles. The molecule has 0 heterocycles. The smallest absolute Gasteiger partial charge is 0.330 e. The third kappa shape index (κ3) is 14.5. The van der Waals surface area contributed by atoms with Gasteiger partial charge in [-0.3, -0.25) is 9.11 Å². The van der Waals surface area contributed by atoms with Gasteiger partial charge in [-0.2, -0.15) is 8.42 Å². The molecule has 0 aromatic rings. The SMILES string of the molecule is CCC(CC)(CN)CN.O=S(=O)(O)O.[Pt]. The van der Waals surface area contributed by atoms with E-state index in [1.807, 2.05) is 0 Å². The zero-order valence-corrected chi connectivity index (χ0v) is 12.0. The second kappa shape index (κ2) is 9.69. The van der Waals surface area contributed by atoms with Crippen molar-refractivity contribution in [3.63, 3.8) is 0 Å². The van der Waals surface area contributed by atoms with Gasteiger partial charge in [0.05, 0.1) is 0 Å². The van der Waals surface area contributed by atoms with Crippen molar-refractivity contribution in [2.24, 2.45) is 16.9 Å². The normalized spacial score (nSPS) is 11.1. The van der Waals surface area contributed by atoms with E-state index in [4.69, 9.17) is 29.0 Å². The number of hydrogen-bond acceptors (Lipinski definition) is 4. The second-order valence-corrected chi connectivity index (χ2v) is 3.96. The van der Waals surface area contributed by atoms with Gasteiger partial charge in [0.25, 0.3) is 0 Å². The molecule has 15 heavy (non-hydrogen) atoms. The van der Waals surface area contributed by atoms with Crippen LogP contribution >= 0.6 is 0 Å². The average Bonchev–Trinajstić information content (AvgIpc) is 2.07. The maximum absolute atomic E-state index is 8.74. The van der Waals surface area contributed by atoms with Crippen LogP contribution in [0.3, 0.4) is 0 Å². The zero-order chi connectivity index (χ0) is 11.8. The quantitative estimate of drug-likeness (QED) is 0.474. The fraction of sp³-hybridized carbons (Fsp3) is 1.00. The molecule has 0 amide bonds. The molecule has 0 atom stereocenters. The van der Waals surface area contributed by atoms with Gasteiger partial charge in [-0.25, -0.2) is 0 Å². The molecular weight excluding hydrogens is 403 g/mol. The van der Waals surface area contributed by atoms with E-state index in [-0.39, 0.29) is 26.5 Å². The van der Waals surface area contributed by atoms with Crippen molar-refractivity contribution in [1.82, 2.24) is 0 Å². The summed E-state index contributed by atoms with van der Waals surface area (Å²) in [5.74, 6) is 0. The molecule has 0 saturated carbocycles. The van der Waals surface area contributed by atoms with Crippen molar-refractivity contribution in [1.29, 1.82) is 0 Å². The number of rotatable bonds is 4. The monoisotopic (exact) mass is 423 g/mol. The fourth-order valence-corrected chi connectivity index (χ4v) is 0.911. The van der Waals surface area contributed by atoms with E-state index in [0.29, 0.717) is 0 Å². The average molecular weight is 423 g/mol. The molecule has 0 unspecified atom stereocenters. The van der Waals surface area contributed by atoms with Crippen LogP contribution in [-0.4, -0.2) is 30.6 Å². The molecule has 6 N–H and O–H groups in total. The van der Waals surface area contributed by atoms with Gasteiger partial charge >= 0.3 is 10.4 Å². The minimum Gasteiger partial charge on any atom is -0.330 e. The van der Waals surface area contributed by atoms with E-state index in [9.17, 15) is 0 Å². The molecule has 0 bridgehead atoms. The van der Waals surface area contributed by atoms with Crippen LogP contribution in [0.15, 0.2) is 0 Å². The summed E-state index contributed by atoms with van der Waals surface area (Å²) in [5.41, 5.74) is 11.3. The largest absolute Gasteiger partial charge is 0.394 e. The summed E-state index contributed by atoms with van der Waals surface area (Å²) in [5, 5.41) is 0. The Morgan fingerprint density at radius 1 is 1.07 bits per heavy atom. The van der Waals surface area contributed by atoms with Gasteiger partial charge in [0, 0.05) is 21.1 Å². The first kappa shape index (κ1) is 20.8. The van der Waals surface area contributed by atoms with Crippen LogP contribution in [0.1, 0.15) is 26.7 Å². The summed E-state index contributed by atoms with van der Waals surface area (Å²) in [7, 11) is -4.67. The maximum atomic E-state index is 8.74. The first-order valence-electron chi connectivity index (χ1n) is 4.34. The van der Waals surface area contributed by atoms with Crippen LogP contribution in [0, 0.1) is 5.41 Å². The van der Waals surface area contributed by atoms with Gasteiger partial charge in [0.15, 0.2) is 0 Å². The third-order valence-corrected chi connectivity index (χ3v) is 2.37. The van der Waals surface area contributed by atoms with Crippen molar-refractivity contribution in [2.45, 2.75) is 26.7 Å². The first-order chi connectivity index (χ1) is 6.24. The molecule has 0 rings (SSSR count). The van der Waals surface area contributed by atoms with Crippen molar-refractivity contribution in [2.75, 3.05) is 13.1 Å². The van der Waals surface area contributed by atoms with Gasteiger partial charge in [0.2, 0.25) is 0 Å². The van der Waals surface area contributed by atoms with Crippen LogP contribution in [0.2, 0.25) is 0 Å². The van der Waals surface area contributed by atoms with Crippen molar-refractivity contribution in [3.05, 3.63) is 0 Å². The van der Waals surface area contributed by atoms with Crippen molar-refractivity contribution >= 4 is 10.4 Å². The van der Waals surface area contributed by atoms with Crippen molar-refractivity contribution < 1.29 is 38.6 Å². The Hall–Kier alpha value is 0.478. The molecular formula is C7H20N2O4PtS. The van der Waals surface area contributed by atoms with E-state index in [2.05, 4.69) is 13.8 Å². The Balaban J connectivity index is -0.000000208. The fourth-order valence-electron chi connectivity index (χ4n) is 0.911. The van der Waals surface area contributed by atoms with Gasteiger partial charge in [-0.15, -0.1) is 0 Å². The van der Waals surface area contributed by atoms with Crippen LogP contribution in [-0.2, 0) is 31.5 Å². The van der Waals surface area contributed by atoms with Crippen LogP contribution in [0.25, 0.3) is 0 Å². The predicted molar refractivity (Wildman–Crippen MR) is 55.3 cm³/mol. The van der Waals surface area contributed by atoms with E-state index in [1.165, 1.54) is 0 Å². The summed E-state index contributed by atoms with van der Waals surface area (Å²) in [6.07, 6.45) is 2.19. The number of hydrogen-bond donors (Lipinski definition) is 4. The standard InChI is InChI=1S/C7H18N2.H2O4S.Pt/c1-3-7(4-2,5-8)6-9;1-5(2,3)4;/h3-6,8-9H2,1-2H3;(H2,1,2,3,4);. The van der Waals surface area contributed by atoms with Gasteiger partial charge in [-0.1, -0.05) is 13.8 Å². The molecule has 0 aliphatic rings. The topological polar surface area (TPSA) is 127 Å². The molecule has 98 valence electrons. The zero-order valence-electron chi connectivity index (χ0n) is 8.92. The summed E-state index contributed by atoms with van der Waals surface area (Å²) in [4.78, 5) is 0. The molecule has 0 aliphatic heterocycles. The van der Waals surface area contributed by atoms with Crippen LogP contribution in [0.4, 0.5) is 0 Å². The minimum absolute atomic E-state index is 0. The molecule has 0 saturated heterocycles. The minimum atomic E-state index is -4.67. The second-order valence-electron chi connectivity index (χ2n) is 3.06. The van der Waals surface area contributed by atoms with Crippen LogP contribution in [0.5, 0.6) is 0 Å². The molecule has 6 nitrogen and oxygen atoms in total. The van der Waals surface area contributed by atoms with Crippen LogP contribution < -0.4 is 11.5 Å². The van der Waals surface area contributed by atoms with E-state index in [1.54, 1.807) is 0 Å². The maximum Gasteiger partial charge on any atom is 0.394 e. The Kier molecular flexibility index (Phi) is 13.5. The molecule has 0 aromatic heterocycles. The molecule has 8 heteroatoms. The Labute approximate surface area is 106 Å². The molecule has 0 aromatic carbocycles. The Morgan fingerprint density at radius 3 is 1.27 bits per heavy atom. The first-order valence-corrected chi connectivity index (χ1v) is 5.74. The molecule has 0 spiro atoms. The summed E-state index contributed by atoms with van der Waals surface area (Å²) >= 11 is 0. The van der Waals surface area contributed by atoms with Gasteiger partial charge in [0.1, 0.15) is 0 Å². The van der Waals surface area contributed by atoms with E-state index in [0.717, 1.165) is 25.9 Å². The predicted octanol–water partition coefficient (Wildman–Crippen LogP) is 0.0549. The Morgan fingerprint density at radius 2 is 1.27 bits per heavy atom. The van der Waals surface area contributed by atoms with Gasteiger partial charge < -0.3 is 11.5 Å². The number of nitrogens with two attached hydrogens (primary N) is 2.